The molecule has 0 aliphatic carbocycles. The van der Waals surface area contributed by atoms with Crippen LogP contribution in [0.1, 0.15) is 36.0 Å². The molecule has 0 unspecified atom stereocenters. The molecule has 7 heteroatoms. The van der Waals surface area contributed by atoms with Crippen molar-refractivity contribution in [2.75, 3.05) is 38.0 Å². The molecule has 25 heavy (non-hydrogen) atoms. The van der Waals surface area contributed by atoms with E-state index in [1.807, 2.05) is 0 Å². The average molecular weight is 342 g/mol. The maximum Gasteiger partial charge on any atom is 0.152 e. The van der Waals surface area contributed by atoms with Gasteiger partial charge in [0, 0.05) is 37.4 Å². The van der Waals surface area contributed by atoms with E-state index in [-0.39, 0.29) is 0 Å². The predicted octanol–water partition coefficient (Wildman–Crippen LogP) is 1.65. The number of likely N-dealkylation sites (tertiary alicyclic amines) is 1. The van der Waals surface area contributed by atoms with E-state index in [2.05, 4.69) is 30.5 Å². The van der Waals surface area contributed by atoms with Crippen LogP contribution in [-0.2, 0) is 0 Å². The molecule has 0 bridgehead atoms. The summed E-state index contributed by atoms with van der Waals surface area (Å²) in [7, 11) is 0. The zero-order valence-electron chi connectivity index (χ0n) is 14.5. The number of nitrogens with zero attached hydrogens (tertiary/aromatic N) is 3. The van der Waals surface area contributed by atoms with E-state index in [9.17, 15) is 4.79 Å². The van der Waals surface area contributed by atoms with Gasteiger partial charge in [0.15, 0.2) is 6.29 Å². The van der Waals surface area contributed by atoms with Crippen LogP contribution in [0.25, 0.3) is 11.0 Å². The number of anilines is 1. The number of hydrogen-bond acceptors (Lipinski definition) is 6. The lowest BCUT2D eigenvalue weighted by atomic mass is 9.96. The Labute approximate surface area is 147 Å². The third-order valence-electron chi connectivity index (χ3n) is 5.53. The fourth-order valence-corrected chi connectivity index (χ4v) is 4.07. The Morgan fingerprint density at radius 1 is 1.20 bits per heavy atom. The second-order valence-electron chi connectivity index (χ2n) is 7.22. The van der Waals surface area contributed by atoms with E-state index in [0.29, 0.717) is 17.3 Å². The Bertz CT molecular complexity index is 715. The van der Waals surface area contributed by atoms with Crippen molar-refractivity contribution in [1.82, 2.24) is 25.2 Å². The van der Waals surface area contributed by atoms with Crippen molar-refractivity contribution in [3.05, 3.63) is 18.1 Å². The normalized spacial score (nSPS) is 20.8. The minimum absolute atomic E-state index is 0.400. The second-order valence-corrected chi connectivity index (χ2v) is 7.22. The summed E-state index contributed by atoms with van der Waals surface area (Å²) in [6.45, 7) is 5.83. The molecule has 0 radical (unpaired) electrons. The maximum absolute atomic E-state index is 11.2. The van der Waals surface area contributed by atoms with Gasteiger partial charge in [-0.15, -0.1) is 0 Å². The maximum atomic E-state index is 11.2. The third kappa shape index (κ3) is 3.67. The molecular weight excluding hydrogens is 316 g/mol. The van der Waals surface area contributed by atoms with Gasteiger partial charge in [-0.25, -0.2) is 9.97 Å². The van der Waals surface area contributed by atoms with Crippen LogP contribution in [0.4, 0.5) is 5.82 Å². The van der Waals surface area contributed by atoms with Crippen molar-refractivity contribution < 1.29 is 4.79 Å². The molecule has 0 amide bonds. The second kappa shape index (κ2) is 7.49. The monoisotopic (exact) mass is 342 g/mol. The van der Waals surface area contributed by atoms with E-state index in [1.54, 1.807) is 12.5 Å². The van der Waals surface area contributed by atoms with Gasteiger partial charge in [-0.1, -0.05) is 0 Å². The van der Waals surface area contributed by atoms with Crippen LogP contribution in [0, 0.1) is 5.92 Å². The van der Waals surface area contributed by atoms with Crippen LogP contribution in [-0.4, -0.2) is 64.9 Å². The summed E-state index contributed by atoms with van der Waals surface area (Å²) < 4.78 is 0. The lowest BCUT2D eigenvalue weighted by Gasteiger charge is -2.35. The first-order valence-corrected chi connectivity index (χ1v) is 9.30. The largest absolute Gasteiger partial charge is 0.367 e. The zero-order valence-corrected chi connectivity index (χ0v) is 14.5. The molecule has 0 atom stereocenters. The Balaban J connectivity index is 1.36. The number of aromatic nitrogens is 3. The minimum atomic E-state index is 0.400. The van der Waals surface area contributed by atoms with E-state index >= 15 is 0 Å². The van der Waals surface area contributed by atoms with Crippen LogP contribution in [0.2, 0.25) is 0 Å². The first-order valence-electron chi connectivity index (χ1n) is 9.30. The number of aromatic amines is 1. The topological polar surface area (TPSA) is 85.9 Å². The van der Waals surface area contributed by atoms with Crippen LogP contribution in [0.15, 0.2) is 12.5 Å². The third-order valence-corrected chi connectivity index (χ3v) is 5.53. The number of fused-ring (bicyclic) bond motifs is 1. The molecule has 2 aromatic rings. The molecule has 4 heterocycles. The lowest BCUT2D eigenvalue weighted by molar-refractivity contribution is 0.112. The molecule has 2 saturated heterocycles. The number of piperidine rings is 2. The van der Waals surface area contributed by atoms with Crippen molar-refractivity contribution in [3.8, 4) is 0 Å². The summed E-state index contributed by atoms with van der Waals surface area (Å²) in [5.74, 6) is 1.62. The van der Waals surface area contributed by atoms with Gasteiger partial charge in [-0.2, -0.15) is 0 Å². The fraction of sp³-hybridized carbons (Fsp3) is 0.611. The number of nitrogens with one attached hydrogen (secondary N) is 3. The van der Waals surface area contributed by atoms with Crippen molar-refractivity contribution in [2.45, 2.75) is 31.7 Å². The standard InChI is InChI=1S/C18H26N6O/c25-11-14-9-20-17-16(14)18(22-12-21-17)23-15-3-7-24(8-4-15)10-13-1-5-19-6-2-13/h9,11-13,15,19H,1-8,10H2,(H2,20,21,22,23). The van der Waals surface area contributed by atoms with Crippen molar-refractivity contribution in [3.63, 3.8) is 0 Å². The molecule has 4 rings (SSSR count). The summed E-state index contributed by atoms with van der Waals surface area (Å²) in [4.78, 5) is 25.5. The Morgan fingerprint density at radius 3 is 2.76 bits per heavy atom. The van der Waals surface area contributed by atoms with E-state index in [4.69, 9.17) is 0 Å². The molecule has 0 spiro atoms. The molecule has 2 fully saturated rings. The van der Waals surface area contributed by atoms with Crippen LogP contribution < -0.4 is 10.6 Å². The minimum Gasteiger partial charge on any atom is -0.367 e. The van der Waals surface area contributed by atoms with Gasteiger partial charge < -0.3 is 20.5 Å². The first-order chi connectivity index (χ1) is 12.3. The highest BCUT2D eigenvalue weighted by molar-refractivity contribution is 6.01. The van der Waals surface area contributed by atoms with Crippen molar-refractivity contribution >= 4 is 23.1 Å². The van der Waals surface area contributed by atoms with Gasteiger partial charge >= 0.3 is 0 Å². The van der Waals surface area contributed by atoms with E-state index < -0.39 is 0 Å². The molecular formula is C18H26N6O. The summed E-state index contributed by atoms with van der Waals surface area (Å²) in [5.41, 5.74) is 1.32. The summed E-state index contributed by atoms with van der Waals surface area (Å²) >= 11 is 0. The summed E-state index contributed by atoms with van der Waals surface area (Å²) in [6, 6.07) is 0.400. The zero-order chi connectivity index (χ0) is 17.1. The van der Waals surface area contributed by atoms with E-state index in [1.165, 1.54) is 32.5 Å². The van der Waals surface area contributed by atoms with Gasteiger partial charge in [-0.05, 0) is 44.7 Å². The summed E-state index contributed by atoms with van der Waals surface area (Å²) in [6.07, 6.45) is 8.92. The van der Waals surface area contributed by atoms with E-state index in [0.717, 1.165) is 49.3 Å². The summed E-state index contributed by atoms with van der Waals surface area (Å²) in [5, 5.41) is 7.78. The van der Waals surface area contributed by atoms with Gasteiger partial charge in [0.1, 0.15) is 17.8 Å². The molecule has 3 N–H and O–H groups in total. The number of hydrogen-bond donors (Lipinski definition) is 3. The average Bonchev–Trinajstić information content (AvgIpc) is 3.08. The quantitative estimate of drug-likeness (QED) is 0.716. The number of rotatable bonds is 5. The number of H-pyrrole nitrogens is 1. The highest BCUT2D eigenvalue weighted by Gasteiger charge is 2.23. The molecule has 0 aromatic carbocycles. The smallest absolute Gasteiger partial charge is 0.152 e. The molecule has 134 valence electrons. The van der Waals surface area contributed by atoms with Crippen molar-refractivity contribution in [2.24, 2.45) is 5.92 Å². The molecule has 7 nitrogen and oxygen atoms in total. The Morgan fingerprint density at radius 2 is 2.00 bits per heavy atom. The predicted molar refractivity (Wildman–Crippen MR) is 98.0 cm³/mol. The highest BCUT2D eigenvalue weighted by atomic mass is 16.1. The fourth-order valence-electron chi connectivity index (χ4n) is 4.07. The Kier molecular flexibility index (Phi) is 4.94. The van der Waals surface area contributed by atoms with Gasteiger partial charge in [0.05, 0.1) is 5.39 Å². The molecule has 2 aliphatic heterocycles. The van der Waals surface area contributed by atoms with Crippen LogP contribution in [0.3, 0.4) is 0 Å². The molecule has 2 aromatic heterocycles. The molecule has 0 saturated carbocycles. The highest BCUT2D eigenvalue weighted by Crippen LogP contribution is 2.25. The van der Waals surface area contributed by atoms with Crippen molar-refractivity contribution in [1.29, 1.82) is 0 Å². The van der Waals surface area contributed by atoms with Crippen LogP contribution in [0.5, 0.6) is 0 Å². The van der Waals surface area contributed by atoms with Gasteiger partial charge in [-0.3, -0.25) is 4.79 Å². The number of aldehydes is 1. The van der Waals surface area contributed by atoms with Gasteiger partial charge in [0.25, 0.3) is 0 Å². The number of carbonyl (C=O) groups excluding carboxylic acids is 1. The lowest BCUT2D eigenvalue weighted by Crippen LogP contribution is -2.43. The SMILES string of the molecule is O=Cc1c[nH]c2ncnc(NC3CCN(CC4CCNCC4)CC3)c12. The first kappa shape index (κ1) is 16.5. The Hall–Kier alpha value is -1.99. The van der Waals surface area contributed by atoms with Crippen LogP contribution >= 0.6 is 0 Å². The number of carbonyl (C=O) groups is 1. The molecule has 2 aliphatic rings. The van der Waals surface area contributed by atoms with Gasteiger partial charge in [0.2, 0.25) is 0 Å².